The summed E-state index contributed by atoms with van der Waals surface area (Å²) < 4.78 is 5.35. The molecule has 1 atom stereocenters. The SMILES string of the molecule is CCCC1(C(=O)O)CCCN1c1cncc(OCC)n1. The van der Waals surface area contributed by atoms with Crippen LogP contribution in [-0.4, -0.2) is 39.7 Å². The number of rotatable bonds is 6. The summed E-state index contributed by atoms with van der Waals surface area (Å²) >= 11 is 0. The zero-order valence-electron chi connectivity index (χ0n) is 12.0. The van der Waals surface area contributed by atoms with E-state index in [1.165, 1.54) is 0 Å². The van der Waals surface area contributed by atoms with E-state index in [9.17, 15) is 9.90 Å². The third-order valence-electron chi connectivity index (χ3n) is 3.72. The standard InChI is InChI=1S/C14H21N3O3/c1-3-6-14(13(18)19)7-5-8-17(14)11-9-15-10-12(16-11)20-4-2/h9-10H,3-8H2,1-2H3,(H,18,19). The van der Waals surface area contributed by atoms with E-state index in [1.54, 1.807) is 12.4 Å². The Hall–Kier alpha value is -1.85. The largest absolute Gasteiger partial charge is 0.479 e. The molecule has 20 heavy (non-hydrogen) atoms. The van der Waals surface area contributed by atoms with E-state index < -0.39 is 11.5 Å². The first-order valence-electron chi connectivity index (χ1n) is 7.10. The second kappa shape index (κ2) is 6.07. The van der Waals surface area contributed by atoms with Crippen molar-refractivity contribution >= 4 is 11.8 Å². The average molecular weight is 279 g/mol. The van der Waals surface area contributed by atoms with Crippen LogP contribution in [0.2, 0.25) is 0 Å². The van der Waals surface area contributed by atoms with Crippen molar-refractivity contribution in [1.29, 1.82) is 0 Å². The molecule has 0 aliphatic carbocycles. The van der Waals surface area contributed by atoms with E-state index >= 15 is 0 Å². The first kappa shape index (κ1) is 14.6. The number of carboxylic acids is 1. The van der Waals surface area contributed by atoms with E-state index in [-0.39, 0.29) is 0 Å². The molecule has 2 rings (SSSR count). The maximum atomic E-state index is 11.8. The van der Waals surface area contributed by atoms with Crippen molar-refractivity contribution in [2.24, 2.45) is 0 Å². The Bertz CT molecular complexity index is 480. The van der Waals surface area contributed by atoms with Crippen LogP contribution in [0.3, 0.4) is 0 Å². The second-order valence-electron chi connectivity index (χ2n) is 4.99. The molecule has 1 aliphatic heterocycles. The summed E-state index contributed by atoms with van der Waals surface area (Å²) in [5.74, 6) is 0.248. The van der Waals surface area contributed by atoms with Crippen LogP contribution in [0.5, 0.6) is 5.88 Å². The lowest BCUT2D eigenvalue weighted by molar-refractivity contribution is -0.143. The average Bonchev–Trinajstić information content (AvgIpc) is 2.85. The Kier molecular flexibility index (Phi) is 4.42. The highest BCUT2D eigenvalue weighted by Crippen LogP contribution is 2.37. The summed E-state index contributed by atoms with van der Waals surface area (Å²) in [6.07, 6.45) is 6.10. The molecule has 1 unspecified atom stereocenters. The van der Waals surface area contributed by atoms with Gasteiger partial charge in [0.25, 0.3) is 0 Å². The molecule has 2 heterocycles. The molecular formula is C14H21N3O3. The first-order valence-corrected chi connectivity index (χ1v) is 7.10. The van der Waals surface area contributed by atoms with E-state index in [2.05, 4.69) is 9.97 Å². The van der Waals surface area contributed by atoms with Crippen LogP contribution < -0.4 is 9.64 Å². The Morgan fingerprint density at radius 2 is 2.30 bits per heavy atom. The Morgan fingerprint density at radius 1 is 1.50 bits per heavy atom. The minimum absolute atomic E-state index is 0.438. The lowest BCUT2D eigenvalue weighted by atomic mass is 9.91. The van der Waals surface area contributed by atoms with Gasteiger partial charge in [-0.15, -0.1) is 0 Å². The van der Waals surface area contributed by atoms with Crippen molar-refractivity contribution in [2.45, 2.75) is 45.1 Å². The van der Waals surface area contributed by atoms with E-state index in [0.29, 0.717) is 37.7 Å². The van der Waals surface area contributed by atoms with Gasteiger partial charge in [0.15, 0.2) is 5.82 Å². The zero-order valence-corrected chi connectivity index (χ0v) is 12.0. The third kappa shape index (κ3) is 2.55. The van der Waals surface area contributed by atoms with Gasteiger partial charge in [0, 0.05) is 6.54 Å². The van der Waals surface area contributed by atoms with Crippen LogP contribution in [0.25, 0.3) is 0 Å². The van der Waals surface area contributed by atoms with Gasteiger partial charge in [-0.1, -0.05) is 13.3 Å². The van der Waals surface area contributed by atoms with Gasteiger partial charge in [-0.2, -0.15) is 4.98 Å². The summed E-state index contributed by atoms with van der Waals surface area (Å²) in [6, 6.07) is 0. The highest BCUT2D eigenvalue weighted by atomic mass is 16.5. The minimum Gasteiger partial charge on any atom is -0.479 e. The number of carboxylic acid groups (broad SMARTS) is 1. The minimum atomic E-state index is -0.853. The first-order chi connectivity index (χ1) is 9.64. The Labute approximate surface area is 118 Å². The maximum Gasteiger partial charge on any atom is 0.329 e. The quantitative estimate of drug-likeness (QED) is 0.859. The summed E-state index contributed by atoms with van der Waals surface area (Å²) in [4.78, 5) is 22.1. The fourth-order valence-electron chi connectivity index (χ4n) is 2.90. The molecule has 6 nitrogen and oxygen atoms in total. The molecule has 1 aromatic rings. The molecule has 0 bridgehead atoms. The number of hydrogen-bond donors (Lipinski definition) is 1. The van der Waals surface area contributed by atoms with E-state index in [4.69, 9.17) is 4.74 Å². The molecule has 0 saturated carbocycles. The molecule has 6 heteroatoms. The van der Waals surface area contributed by atoms with Crippen molar-refractivity contribution in [2.75, 3.05) is 18.1 Å². The molecule has 1 fully saturated rings. The van der Waals surface area contributed by atoms with Crippen LogP contribution in [0.4, 0.5) is 5.82 Å². The topological polar surface area (TPSA) is 75.5 Å². The van der Waals surface area contributed by atoms with Crippen molar-refractivity contribution < 1.29 is 14.6 Å². The van der Waals surface area contributed by atoms with Crippen LogP contribution in [0.15, 0.2) is 12.4 Å². The van der Waals surface area contributed by atoms with Gasteiger partial charge in [0.1, 0.15) is 5.54 Å². The van der Waals surface area contributed by atoms with Crippen LogP contribution in [0, 0.1) is 0 Å². The van der Waals surface area contributed by atoms with Crippen molar-refractivity contribution in [3.63, 3.8) is 0 Å². The lowest BCUT2D eigenvalue weighted by Gasteiger charge is -2.35. The fraction of sp³-hybridized carbons (Fsp3) is 0.643. The molecule has 110 valence electrons. The normalized spacial score (nSPS) is 22.0. The van der Waals surface area contributed by atoms with Crippen LogP contribution in [-0.2, 0) is 4.79 Å². The zero-order chi connectivity index (χ0) is 14.6. The smallest absolute Gasteiger partial charge is 0.329 e. The molecule has 1 saturated heterocycles. The van der Waals surface area contributed by atoms with E-state index in [0.717, 1.165) is 12.8 Å². The van der Waals surface area contributed by atoms with Crippen molar-refractivity contribution in [3.05, 3.63) is 12.4 Å². The van der Waals surface area contributed by atoms with Gasteiger partial charge in [0.05, 0.1) is 19.0 Å². The number of carbonyl (C=O) groups is 1. The predicted octanol–water partition coefficient (Wildman–Crippen LogP) is 2.10. The molecule has 1 N–H and O–H groups in total. The van der Waals surface area contributed by atoms with Gasteiger partial charge >= 0.3 is 5.97 Å². The highest BCUT2D eigenvalue weighted by molar-refractivity contribution is 5.84. The summed E-state index contributed by atoms with van der Waals surface area (Å²) in [5, 5.41) is 9.68. The number of ether oxygens (including phenoxy) is 1. The van der Waals surface area contributed by atoms with Gasteiger partial charge in [0.2, 0.25) is 5.88 Å². The summed E-state index contributed by atoms with van der Waals surface area (Å²) in [7, 11) is 0. The molecule has 0 aromatic carbocycles. The van der Waals surface area contributed by atoms with Crippen LogP contribution in [0.1, 0.15) is 39.5 Å². The van der Waals surface area contributed by atoms with Gasteiger partial charge < -0.3 is 14.7 Å². The van der Waals surface area contributed by atoms with Crippen LogP contribution >= 0.6 is 0 Å². The van der Waals surface area contributed by atoms with Crippen molar-refractivity contribution in [3.8, 4) is 5.88 Å². The van der Waals surface area contributed by atoms with Gasteiger partial charge in [-0.25, -0.2) is 4.79 Å². The highest BCUT2D eigenvalue weighted by Gasteiger charge is 2.47. The maximum absolute atomic E-state index is 11.8. The van der Waals surface area contributed by atoms with E-state index in [1.807, 2.05) is 18.7 Å². The lowest BCUT2D eigenvalue weighted by Crippen LogP contribution is -2.51. The monoisotopic (exact) mass is 279 g/mol. The predicted molar refractivity (Wildman–Crippen MR) is 75.1 cm³/mol. The molecule has 0 radical (unpaired) electrons. The summed E-state index contributed by atoms with van der Waals surface area (Å²) in [6.45, 7) is 5.08. The van der Waals surface area contributed by atoms with Gasteiger partial charge in [-0.05, 0) is 26.2 Å². The molecule has 1 aromatic heterocycles. The van der Waals surface area contributed by atoms with Crippen molar-refractivity contribution in [1.82, 2.24) is 9.97 Å². The molecular weight excluding hydrogens is 258 g/mol. The summed E-state index contributed by atoms with van der Waals surface area (Å²) in [5.41, 5.74) is -0.853. The number of nitrogens with zero attached hydrogens (tertiary/aromatic N) is 3. The fourth-order valence-corrected chi connectivity index (χ4v) is 2.90. The molecule has 0 spiro atoms. The molecule has 1 aliphatic rings. The second-order valence-corrected chi connectivity index (χ2v) is 4.99. The number of aromatic nitrogens is 2. The third-order valence-corrected chi connectivity index (χ3v) is 3.72. The number of hydrogen-bond acceptors (Lipinski definition) is 5. The molecule has 0 amide bonds. The van der Waals surface area contributed by atoms with Gasteiger partial charge in [-0.3, -0.25) is 4.98 Å². The number of aliphatic carboxylic acids is 1. The Morgan fingerprint density at radius 3 is 2.95 bits per heavy atom. The number of anilines is 1. The Balaban J connectivity index is 2.34.